The Morgan fingerprint density at radius 3 is 2.95 bits per heavy atom. The number of carbonyl (C=O) groups excluding carboxylic acids is 2. The van der Waals surface area contributed by atoms with Crippen LogP contribution in [0.4, 0.5) is 0 Å². The van der Waals surface area contributed by atoms with Crippen LogP contribution in [0.2, 0.25) is 0 Å². The van der Waals surface area contributed by atoms with Gasteiger partial charge < -0.3 is 9.64 Å². The summed E-state index contributed by atoms with van der Waals surface area (Å²) in [7, 11) is 0. The molecule has 1 aromatic rings. The van der Waals surface area contributed by atoms with E-state index in [0.717, 1.165) is 19.3 Å². The Kier molecular flexibility index (Phi) is 5.09. The van der Waals surface area contributed by atoms with Gasteiger partial charge in [-0.1, -0.05) is 0 Å². The van der Waals surface area contributed by atoms with Gasteiger partial charge in [-0.3, -0.25) is 9.59 Å². The van der Waals surface area contributed by atoms with Crippen molar-refractivity contribution in [2.75, 3.05) is 13.2 Å². The standard InChI is InChI=1S/C13H20N4O3/c1-2-20-13(19)7-11-5-3-4-6-17(11)12(18)8-16-10-14-9-15-16/h9-11H,2-8H2,1H3/t11-/m1/s1. The lowest BCUT2D eigenvalue weighted by molar-refractivity contribution is -0.146. The van der Waals surface area contributed by atoms with E-state index in [1.807, 2.05) is 0 Å². The van der Waals surface area contributed by atoms with Crippen LogP contribution in [0, 0.1) is 0 Å². The average Bonchev–Trinajstić information content (AvgIpc) is 2.92. The van der Waals surface area contributed by atoms with Crippen LogP contribution in [-0.2, 0) is 20.9 Å². The molecule has 20 heavy (non-hydrogen) atoms. The molecule has 1 fully saturated rings. The summed E-state index contributed by atoms with van der Waals surface area (Å²) in [5.74, 6) is -0.262. The van der Waals surface area contributed by atoms with E-state index in [-0.39, 0.29) is 30.9 Å². The maximum atomic E-state index is 12.3. The number of amides is 1. The highest BCUT2D eigenvalue weighted by atomic mass is 16.5. The molecular weight excluding hydrogens is 260 g/mol. The van der Waals surface area contributed by atoms with E-state index in [1.54, 1.807) is 11.8 Å². The highest BCUT2D eigenvalue weighted by Crippen LogP contribution is 2.20. The first-order chi connectivity index (χ1) is 9.70. The van der Waals surface area contributed by atoms with Crippen molar-refractivity contribution in [2.24, 2.45) is 0 Å². The lowest BCUT2D eigenvalue weighted by atomic mass is 9.99. The number of carbonyl (C=O) groups is 2. The van der Waals surface area contributed by atoms with Gasteiger partial charge in [-0.2, -0.15) is 5.10 Å². The molecule has 1 atom stereocenters. The Balaban J connectivity index is 1.95. The zero-order valence-corrected chi connectivity index (χ0v) is 11.7. The van der Waals surface area contributed by atoms with Crippen molar-refractivity contribution in [3.05, 3.63) is 12.7 Å². The molecular formula is C13H20N4O3. The number of esters is 1. The zero-order chi connectivity index (χ0) is 14.4. The minimum absolute atomic E-state index is 0.0236. The maximum absolute atomic E-state index is 12.3. The molecule has 2 heterocycles. The molecule has 1 aliphatic heterocycles. The van der Waals surface area contributed by atoms with E-state index in [1.165, 1.54) is 17.3 Å². The second-order valence-corrected chi connectivity index (χ2v) is 4.84. The van der Waals surface area contributed by atoms with Crippen LogP contribution in [0.15, 0.2) is 12.7 Å². The van der Waals surface area contributed by atoms with E-state index < -0.39 is 0 Å². The second-order valence-electron chi connectivity index (χ2n) is 4.84. The number of rotatable bonds is 5. The van der Waals surface area contributed by atoms with Crippen molar-refractivity contribution < 1.29 is 14.3 Å². The number of ether oxygens (including phenoxy) is 1. The monoisotopic (exact) mass is 280 g/mol. The van der Waals surface area contributed by atoms with Crippen LogP contribution in [0.5, 0.6) is 0 Å². The largest absolute Gasteiger partial charge is 0.466 e. The Hall–Kier alpha value is -1.92. The van der Waals surface area contributed by atoms with Gasteiger partial charge in [0.15, 0.2) is 0 Å². The fourth-order valence-corrected chi connectivity index (χ4v) is 2.50. The minimum atomic E-state index is -0.238. The molecule has 0 aliphatic carbocycles. The van der Waals surface area contributed by atoms with Crippen LogP contribution < -0.4 is 0 Å². The summed E-state index contributed by atoms with van der Waals surface area (Å²) in [4.78, 5) is 29.5. The van der Waals surface area contributed by atoms with Crippen LogP contribution >= 0.6 is 0 Å². The van der Waals surface area contributed by atoms with Crippen molar-refractivity contribution in [1.29, 1.82) is 0 Å². The molecule has 0 saturated carbocycles. The van der Waals surface area contributed by atoms with Gasteiger partial charge in [0.2, 0.25) is 5.91 Å². The molecule has 110 valence electrons. The molecule has 0 radical (unpaired) electrons. The number of piperidine rings is 1. The summed E-state index contributed by atoms with van der Waals surface area (Å²) in [6, 6.07) is -0.0566. The first-order valence-electron chi connectivity index (χ1n) is 6.98. The summed E-state index contributed by atoms with van der Waals surface area (Å²) < 4.78 is 6.47. The third-order valence-electron chi connectivity index (χ3n) is 3.42. The fraction of sp³-hybridized carbons (Fsp3) is 0.692. The van der Waals surface area contributed by atoms with Crippen LogP contribution in [-0.4, -0.2) is 50.7 Å². The highest BCUT2D eigenvalue weighted by Gasteiger charge is 2.29. The Morgan fingerprint density at radius 2 is 2.25 bits per heavy atom. The zero-order valence-electron chi connectivity index (χ0n) is 11.7. The lowest BCUT2D eigenvalue weighted by Gasteiger charge is -2.35. The van der Waals surface area contributed by atoms with Crippen molar-refractivity contribution in [1.82, 2.24) is 19.7 Å². The average molecular weight is 280 g/mol. The van der Waals surface area contributed by atoms with E-state index in [0.29, 0.717) is 13.2 Å². The summed E-state index contributed by atoms with van der Waals surface area (Å²) in [5.41, 5.74) is 0. The molecule has 0 unspecified atom stereocenters. The minimum Gasteiger partial charge on any atom is -0.466 e. The van der Waals surface area contributed by atoms with Gasteiger partial charge in [0.25, 0.3) is 0 Å². The van der Waals surface area contributed by atoms with Crippen molar-refractivity contribution in [2.45, 2.75) is 45.2 Å². The molecule has 1 aliphatic rings. The Labute approximate surface area is 117 Å². The van der Waals surface area contributed by atoms with Crippen molar-refractivity contribution >= 4 is 11.9 Å². The van der Waals surface area contributed by atoms with Gasteiger partial charge in [0.05, 0.1) is 13.0 Å². The van der Waals surface area contributed by atoms with Gasteiger partial charge in [0, 0.05) is 12.6 Å². The topological polar surface area (TPSA) is 77.3 Å². The fourth-order valence-electron chi connectivity index (χ4n) is 2.50. The molecule has 1 amide bonds. The predicted molar refractivity (Wildman–Crippen MR) is 70.6 cm³/mol. The number of nitrogens with zero attached hydrogens (tertiary/aromatic N) is 4. The van der Waals surface area contributed by atoms with Crippen LogP contribution in [0.25, 0.3) is 0 Å². The van der Waals surface area contributed by atoms with Gasteiger partial charge in [-0.05, 0) is 26.2 Å². The lowest BCUT2D eigenvalue weighted by Crippen LogP contribution is -2.46. The van der Waals surface area contributed by atoms with Gasteiger partial charge >= 0.3 is 5.97 Å². The molecule has 0 aromatic carbocycles. The van der Waals surface area contributed by atoms with E-state index in [4.69, 9.17) is 4.74 Å². The molecule has 0 N–H and O–H groups in total. The van der Waals surface area contributed by atoms with Crippen molar-refractivity contribution in [3.8, 4) is 0 Å². The molecule has 1 saturated heterocycles. The van der Waals surface area contributed by atoms with Gasteiger partial charge in [-0.15, -0.1) is 0 Å². The molecule has 7 nitrogen and oxygen atoms in total. The van der Waals surface area contributed by atoms with E-state index >= 15 is 0 Å². The molecule has 0 bridgehead atoms. The molecule has 1 aromatic heterocycles. The van der Waals surface area contributed by atoms with Crippen LogP contribution in [0.1, 0.15) is 32.6 Å². The second kappa shape index (κ2) is 7.02. The molecule has 7 heteroatoms. The quantitative estimate of drug-likeness (QED) is 0.739. The SMILES string of the molecule is CCOC(=O)C[C@H]1CCCCN1C(=O)Cn1cncn1. The number of likely N-dealkylation sites (tertiary alicyclic amines) is 1. The number of aromatic nitrogens is 3. The smallest absolute Gasteiger partial charge is 0.307 e. The van der Waals surface area contributed by atoms with E-state index in [2.05, 4.69) is 10.1 Å². The van der Waals surface area contributed by atoms with E-state index in [9.17, 15) is 9.59 Å². The van der Waals surface area contributed by atoms with Crippen LogP contribution in [0.3, 0.4) is 0 Å². The molecule has 0 spiro atoms. The van der Waals surface area contributed by atoms with Gasteiger partial charge in [0.1, 0.15) is 19.2 Å². The molecule has 2 rings (SSSR count). The number of hydrogen-bond acceptors (Lipinski definition) is 5. The maximum Gasteiger partial charge on any atom is 0.307 e. The summed E-state index contributed by atoms with van der Waals surface area (Å²) in [6.45, 7) is 3.02. The highest BCUT2D eigenvalue weighted by molar-refractivity contribution is 5.77. The summed E-state index contributed by atoms with van der Waals surface area (Å²) in [6.07, 6.45) is 6.06. The summed E-state index contributed by atoms with van der Waals surface area (Å²) in [5, 5.41) is 3.93. The summed E-state index contributed by atoms with van der Waals surface area (Å²) >= 11 is 0. The Bertz CT molecular complexity index is 446. The Morgan fingerprint density at radius 1 is 1.40 bits per heavy atom. The van der Waals surface area contributed by atoms with Crippen molar-refractivity contribution in [3.63, 3.8) is 0 Å². The predicted octanol–water partition coefficient (Wildman–Crippen LogP) is 0.612. The third kappa shape index (κ3) is 3.79. The first-order valence-corrected chi connectivity index (χ1v) is 6.98. The number of hydrogen-bond donors (Lipinski definition) is 0. The normalized spacial score (nSPS) is 18.9. The van der Waals surface area contributed by atoms with Gasteiger partial charge in [-0.25, -0.2) is 9.67 Å². The third-order valence-corrected chi connectivity index (χ3v) is 3.42. The first kappa shape index (κ1) is 14.5.